The van der Waals surface area contributed by atoms with E-state index in [1.165, 1.54) is 10.8 Å². The second-order valence-electron chi connectivity index (χ2n) is 13.5. The first-order valence-corrected chi connectivity index (χ1v) is 17.6. The Labute approximate surface area is 303 Å². The van der Waals surface area contributed by atoms with Gasteiger partial charge in [0.05, 0.1) is 56.6 Å². The molecule has 3 aromatic heterocycles. The van der Waals surface area contributed by atoms with Crippen molar-refractivity contribution in [3.05, 3.63) is 181 Å². The topological polar surface area (TPSA) is 42.9 Å². The molecule has 0 radical (unpaired) electrons. The monoisotopic (exact) mass is 673 g/mol. The summed E-state index contributed by atoms with van der Waals surface area (Å²) in [5.74, 6) is 0. The maximum absolute atomic E-state index is 10.8. The molecule has 8 aromatic carbocycles. The Hall–Kier alpha value is -7.60. The molecule has 0 N–H and O–H groups in total. The van der Waals surface area contributed by atoms with Gasteiger partial charge in [-0.2, -0.15) is 5.26 Å². The Morgan fingerprint density at radius 2 is 0.925 bits per heavy atom. The quantitative estimate of drug-likeness (QED) is 0.172. The van der Waals surface area contributed by atoms with Crippen LogP contribution < -0.4 is 0 Å². The molecular formula is C48H27N5. The maximum atomic E-state index is 10.8. The molecule has 11 rings (SSSR count). The molecule has 0 aliphatic rings. The molecule has 0 amide bonds. The average Bonchev–Trinajstić information content (AvgIpc) is 3.86. The highest BCUT2D eigenvalue weighted by atomic mass is 15.1. The number of hydrogen-bond donors (Lipinski definition) is 0. The van der Waals surface area contributed by atoms with Gasteiger partial charge in [-0.15, -0.1) is 0 Å². The van der Waals surface area contributed by atoms with E-state index in [1.807, 2.05) is 24.3 Å². The summed E-state index contributed by atoms with van der Waals surface area (Å²) in [4.78, 5) is 4.14. The lowest BCUT2D eigenvalue weighted by Gasteiger charge is -2.20. The van der Waals surface area contributed by atoms with E-state index in [9.17, 15) is 5.26 Å². The molecular weight excluding hydrogens is 647 g/mol. The summed E-state index contributed by atoms with van der Waals surface area (Å²) in [6.07, 6.45) is 0. The van der Waals surface area contributed by atoms with Gasteiger partial charge >= 0.3 is 0 Å². The Bertz CT molecular complexity index is 3320. The van der Waals surface area contributed by atoms with Gasteiger partial charge in [0.25, 0.3) is 0 Å². The lowest BCUT2D eigenvalue weighted by molar-refractivity contribution is 1.09. The summed E-state index contributed by atoms with van der Waals surface area (Å²) in [5, 5.41) is 19.8. The van der Waals surface area contributed by atoms with Crippen molar-refractivity contribution in [3.63, 3.8) is 0 Å². The van der Waals surface area contributed by atoms with Crippen molar-refractivity contribution in [2.75, 3.05) is 0 Å². The van der Waals surface area contributed by atoms with E-state index in [0.717, 1.165) is 71.1 Å². The van der Waals surface area contributed by atoms with E-state index in [0.29, 0.717) is 22.6 Å². The molecule has 3 heterocycles. The van der Waals surface area contributed by atoms with Crippen LogP contribution in [0.2, 0.25) is 0 Å². The highest BCUT2D eigenvalue weighted by Crippen LogP contribution is 2.45. The van der Waals surface area contributed by atoms with Crippen LogP contribution in [0, 0.1) is 17.9 Å². The fourth-order valence-electron chi connectivity index (χ4n) is 8.72. The van der Waals surface area contributed by atoms with E-state index in [-0.39, 0.29) is 0 Å². The van der Waals surface area contributed by atoms with E-state index in [1.54, 1.807) is 12.1 Å². The minimum absolute atomic E-state index is 0.472. The van der Waals surface area contributed by atoms with Crippen LogP contribution in [0.25, 0.3) is 98.1 Å². The third-order valence-corrected chi connectivity index (χ3v) is 10.9. The zero-order valence-corrected chi connectivity index (χ0v) is 28.3. The van der Waals surface area contributed by atoms with Gasteiger partial charge in [0.1, 0.15) is 6.07 Å². The van der Waals surface area contributed by atoms with E-state index < -0.39 is 0 Å². The Morgan fingerprint density at radius 1 is 0.434 bits per heavy atom. The average molecular weight is 674 g/mol. The molecule has 0 bridgehead atoms. The molecule has 53 heavy (non-hydrogen) atoms. The van der Waals surface area contributed by atoms with E-state index >= 15 is 0 Å². The fraction of sp³-hybridized carbons (Fsp3) is 0. The van der Waals surface area contributed by atoms with Gasteiger partial charge in [-0.25, -0.2) is 4.85 Å². The molecule has 0 aliphatic carbocycles. The zero-order valence-electron chi connectivity index (χ0n) is 28.3. The number of aromatic nitrogens is 3. The van der Waals surface area contributed by atoms with Gasteiger partial charge in [0.2, 0.25) is 5.69 Å². The molecule has 0 spiro atoms. The van der Waals surface area contributed by atoms with Gasteiger partial charge in [-0.1, -0.05) is 115 Å². The molecule has 0 unspecified atom stereocenters. The number of nitrogens with zero attached hydrogens (tertiary/aromatic N) is 5. The molecule has 5 heteroatoms. The summed E-state index contributed by atoms with van der Waals surface area (Å²) >= 11 is 0. The van der Waals surface area contributed by atoms with Crippen molar-refractivity contribution in [2.45, 2.75) is 0 Å². The van der Waals surface area contributed by atoms with Crippen LogP contribution in [-0.4, -0.2) is 13.7 Å². The summed E-state index contributed by atoms with van der Waals surface area (Å²) in [6.45, 7) is 8.51. The molecule has 0 fully saturated rings. The van der Waals surface area contributed by atoms with Gasteiger partial charge in [0.15, 0.2) is 0 Å². The fourth-order valence-corrected chi connectivity index (χ4v) is 8.72. The second kappa shape index (κ2) is 10.9. The lowest BCUT2D eigenvalue weighted by Crippen LogP contribution is -2.06. The van der Waals surface area contributed by atoms with Crippen LogP contribution in [0.1, 0.15) is 5.56 Å². The zero-order chi connectivity index (χ0) is 35.2. The summed E-state index contributed by atoms with van der Waals surface area (Å²) in [5.41, 5.74) is 9.59. The van der Waals surface area contributed by atoms with Crippen molar-refractivity contribution in [1.82, 2.24) is 13.7 Å². The maximum Gasteiger partial charge on any atom is 0.212 e. The van der Waals surface area contributed by atoms with Crippen LogP contribution in [0.3, 0.4) is 0 Å². The van der Waals surface area contributed by atoms with Crippen molar-refractivity contribution in [3.8, 4) is 23.1 Å². The minimum Gasteiger partial charge on any atom is -0.317 e. The number of fused-ring (bicyclic) bond motifs is 11. The van der Waals surface area contributed by atoms with Crippen LogP contribution in [0.15, 0.2) is 164 Å². The molecule has 11 aromatic rings. The van der Waals surface area contributed by atoms with Gasteiger partial charge < -0.3 is 13.7 Å². The molecule has 0 aliphatic heterocycles. The third kappa shape index (κ3) is 3.94. The van der Waals surface area contributed by atoms with Crippen LogP contribution in [-0.2, 0) is 0 Å². The molecule has 0 atom stereocenters. The first kappa shape index (κ1) is 29.2. The van der Waals surface area contributed by atoms with Crippen LogP contribution in [0.5, 0.6) is 0 Å². The van der Waals surface area contributed by atoms with E-state index in [4.69, 9.17) is 6.57 Å². The number of hydrogen-bond acceptors (Lipinski definition) is 1. The minimum atomic E-state index is 0.472. The second-order valence-corrected chi connectivity index (χ2v) is 13.5. The number of para-hydroxylation sites is 4. The third-order valence-electron chi connectivity index (χ3n) is 10.9. The Kier molecular flexibility index (Phi) is 6.02. The van der Waals surface area contributed by atoms with Crippen molar-refractivity contribution in [2.24, 2.45) is 0 Å². The van der Waals surface area contributed by atoms with Crippen molar-refractivity contribution in [1.29, 1.82) is 5.26 Å². The standard InChI is InChI=1S/C48H27N5/c1-50-39-25-22-31(29-49)47(52-42-20-10-6-16-36(42)37-17-7-11-21-43(37)52)48(39)53-44-27-24-32(28-38(44)46-33-13-3-2-12-30(33)23-26-45(46)53)51-40-18-8-4-14-34(40)35-15-5-9-19-41(35)51/h2-28H. The molecule has 0 saturated carbocycles. The van der Waals surface area contributed by atoms with E-state index in [2.05, 4.69) is 152 Å². The smallest absolute Gasteiger partial charge is 0.212 e. The van der Waals surface area contributed by atoms with Gasteiger partial charge in [-0.05, 0) is 59.3 Å². The molecule has 244 valence electrons. The molecule has 5 nitrogen and oxygen atoms in total. The number of nitriles is 1. The van der Waals surface area contributed by atoms with Crippen molar-refractivity contribution >= 4 is 81.9 Å². The summed E-state index contributed by atoms with van der Waals surface area (Å²) in [7, 11) is 0. The number of benzene rings is 8. The first-order chi connectivity index (χ1) is 26.2. The predicted octanol–water partition coefficient (Wildman–Crippen LogP) is 12.6. The highest BCUT2D eigenvalue weighted by molar-refractivity contribution is 6.22. The lowest BCUT2D eigenvalue weighted by atomic mass is 10.0. The number of rotatable bonds is 3. The predicted molar refractivity (Wildman–Crippen MR) is 218 cm³/mol. The summed E-state index contributed by atoms with van der Waals surface area (Å²) in [6, 6.07) is 59.4. The van der Waals surface area contributed by atoms with Gasteiger partial charge in [0, 0.05) is 38.0 Å². The summed E-state index contributed by atoms with van der Waals surface area (Å²) < 4.78 is 6.75. The van der Waals surface area contributed by atoms with Crippen LogP contribution in [0.4, 0.5) is 5.69 Å². The van der Waals surface area contributed by atoms with Gasteiger partial charge in [-0.3, -0.25) is 0 Å². The first-order valence-electron chi connectivity index (χ1n) is 17.6. The largest absolute Gasteiger partial charge is 0.317 e. The Balaban J connectivity index is 1.32. The van der Waals surface area contributed by atoms with Crippen LogP contribution >= 0.6 is 0 Å². The SMILES string of the molecule is [C-]#[N+]c1ccc(C#N)c(-n2c3ccccc3c3ccccc32)c1-n1c2ccc(-n3c4ccccc4c4ccccc43)cc2c2c3ccccc3ccc21. The normalized spacial score (nSPS) is 11.7. The molecule has 0 saturated heterocycles. The highest BCUT2D eigenvalue weighted by Gasteiger charge is 2.25. The Morgan fingerprint density at radius 3 is 1.51 bits per heavy atom. The van der Waals surface area contributed by atoms with Crippen molar-refractivity contribution < 1.29 is 0 Å².